The number of fused-ring (bicyclic) bond motifs is 2. The molecule has 33 heteroatoms. The molecule has 4 aliphatic heterocycles. The van der Waals surface area contributed by atoms with Gasteiger partial charge in [0.1, 0.15) is 46.3 Å². The van der Waals surface area contributed by atoms with E-state index in [0.717, 1.165) is 72.0 Å². The largest absolute Gasteiger partial charge is 0.504 e. The highest BCUT2D eigenvalue weighted by atomic mass is 32.3. The number of nitrogens with one attached hydrogen (secondary N) is 6. The van der Waals surface area contributed by atoms with Gasteiger partial charge in [0.25, 0.3) is 17.1 Å². The quantitative estimate of drug-likeness (QED) is 0.0566. The number of aromatic hydroxyl groups is 1. The van der Waals surface area contributed by atoms with Crippen LogP contribution in [0.1, 0.15) is 101 Å². The molecule has 5 aliphatic rings. The lowest BCUT2D eigenvalue weighted by Crippen LogP contribution is -2.64. The standard InChI is InChI=1S/C65H91N11O20S2/c1-34-30-76-54(55(34)85)60(90)67-29-43(80)27-45(68-56(86)37-10-12-38(13-11-37)61-72-73-62(97-61)39-14-16-42(17-15-39)74-23-20-65(3,21-24-74)40-7-5-4-6-8-40)57(87)69-51(35(2)79)63(91)75-31-44(81)28-46(75)58(88)70-52(49(84)25-36-9-18-47(82)50(26-36)96-98(93,94)95)59(89)71-53(64(76)92)48(83)19-22-66-41(32-77)33-78/h9-18,26,34-35,40-41,43-46,48-49,51-55,66,77-85,93-95H,4-8,19-25,27-33H2,1-3H3,(H,67,90)(H,68,86)(H,69,87)(H,70,88)(H,71,89)/t34-,35+,43+,44+,45?,46-,48+,49+,51-,52-,53-,54-,55-/m0/s1. The Balaban J connectivity index is 0.973. The van der Waals surface area contributed by atoms with E-state index in [4.69, 9.17) is 0 Å². The van der Waals surface area contributed by atoms with E-state index in [1.54, 1.807) is 12.1 Å². The van der Waals surface area contributed by atoms with E-state index in [2.05, 4.69) is 70.2 Å². The molecular formula is C65H91N11O20S2. The number of piperidine rings is 1. The maximum Gasteiger partial charge on any atom is 0.266 e. The van der Waals surface area contributed by atoms with Gasteiger partial charge in [0.05, 0.1) is 55.9 Å². The monoisotopic (exact) mass is 1410 g/mol. The summed E-state index contributed by atoms with van der Waals surface area (Å²) in [6.45, 7) is 4.02. The molecule has 3 aromatic carbocycles. The molecule has 1 saturated carbocycles. The van der Waals surface area contributed by atoms with Gasteiger partial charge in [0.2, 0.25) is 35.4 Å². The maximum absolute atomic E-state index is 15.0. The third-order valence-corrected chi connectivity index (χ3v) is 20.9. The molecule has 4 aromatic rings. The number of benzene rings is 3. The Hall–Kier alpha value is -7.22. The van der Waals surface area contributed by atoms with Gasteiger partial charge < -0.3 is 96.7 Å². The molecule has 13 atom stereocenters. The number of aliphatic hydroxyl groups excluding tert-OH is 8. The molecule has 1 aliphatic carbocycles. The first-order valence-corrected chi connectivity index (χ1v) is 35.2. The Kier molecular flexibility index (Phi) is 25.1. The van der Waals surface area contributed by atoms with Crippen LogP contribution >= 0.6 is 22.5 Å². The number of aromatic nitrogens is 2. The molecule has 538 valence electrons. The number of amides is 7. The zero-order chi connectivity index (χ0) is 70.9. The van der Waals surface area contributed by atoms with Crippen molar-refractivity contribution in [3.05, 3.63) is 77.9 Å². The highest BCUT2D eigenvalue weighted by molar-refractivity contribution is 8.15. The van der Waals surface area contributed by atoms with Crippen molar-refractivity contribution in [3.63, 3.8) is 0 Å². The fraction of sp³-hybridized carbons (Fsp3) is 0.585. The number of β-amino-alcohol motifs (C(OH)–C–C–N with tert-alkyl or cyclic N) is 1. The molecule has 0 spiro atoms. The average Bonchev–Trinajstić information content (AvgIpc) is 1.57. The van der Waals surface area contributed by atoms with Crippen LogP contribution in [0.2, 0.25) is 0 Å². The molecule has 7 amide bonds. The van der Waals surface area contributed by atoms with Gasteiger partial charge in [-0.2, -0.15) is 0 Å². The van der Waals surface area contributed by atoms with Crippen molar-refractivity contribution in [1.29, 1.82) is 0 Å². The first-order valence-electron chi connectivity index (χ1n) is 33.0. The minimum atomic E-state index is -4.74. The number of phenols is 1. The number of phenolic OH excluding ortho intramolecular Hbond substituents is 1. The van der Waals surface area contributed by atoms with Crippen LogP contribution in [-0.4, -0.2) is 252 Å². The lowest BCUT2D eigenvalue weighted by atomic mass is 9.65. The van der Waals surface area contributed by atoms with Crippen LogP contribution in [0.3, 0.4) is 0 Å². The van der Waals surface area contributed by atoms with Gasteiger partial charge in [-0.3, -0.25) is 47.2 Å². The van der Waals surface area contributed by atoms with Crippen LogP contribution in [0.15, 0.2) is 66.7 Å². The van der Waals surface area contributed by atoms with Gasteiger partial charge in [-0.05, 0) is 111 Å². The number of rotatable bonds is 19. The third-order valence-electron chi connectivity index (χ3n) is 19.5. The molecule has 1 aromatic heterocycles. The SMILES string of the molecule is C[C@@H](O)[C@@H]1NC(=O)C(NC(=O)c2ccc(-c3nnc(-c4ccc(N5CCC(C)(C6CCCCC6)CC5)cc4)s3)cc2)C[C@@H](O)CNC(=O)[C@@H]2[C@@H](O)[C@@H](C)CN2C(=O)[C@H]([C@H](O)CCNC(CO)CO)NC(=O)[C@H]([C@H](O)Cc2ccc(O)c(OS(O)(O)O)c2)NC(=O)[C@@H]2C[C@@H](O)CN2C1=O. The van der Waals surface area contributed by atoms with E-state index in [-0.39, 0.29) is 24.2 Å². The summed E-state index contributed by atoms with van der Waals surface area (Å²) < 4.78 is 33.4. The molecule has 1 unspecified atom stereocenters. The first kappa shape index (κ1) is 75.0. The molecule has 4 saturated heterocycles. The van der Waals surface area contributed by atoms with Crippen molar-refractivity contribution in [1.82, 2.24) is 51.9 Å². The van der Waals surface area contributed by atoms with Crippen LogP contribution in [-0.2, 0) is 35.2 Å². The van der Waals surface area contributed by atoms with E-state index in [1.165, 1.54) is 68.6 Å². The summed E-state index contributed by atoms with van der Waals surface area (Å²) in [5, 5.41) is 124. The third kappa shape index (κ3) is 18.4. The molecule has 18 N–H and O–H groups in total. The summed E-state index contributed by atoms with van der Waals surface area (Å²) in [6.07, 6.45) is -4.08. The summed E-state index contributed by atoms with van der Waals surface area (Å²) in [5.41, 5.74) is 2.94. The normalized spacial score (nSPS) is 27.0. The summed E-state index contributed by atoms with van der Waals surface area (Å²) in [5.74, 6) is -9.66. The number of carbonyl (C=O) groups is 7. The number of carbonyl (C=O) groups excluding carboxylic acids is 7. The number of aliphatic hydroxyl groups is 8. The average molecular weight is 1410 g/mol. The van der Waals surface area contributed by atoms with Crippen molar-refractivity contribution >= 4 is 69.5 Å². The summed E-state index contributed by atoms with van der Waals surface area (Å²) >= 11 is -3.41. The maximum atomic E-state index is 15.0. The van der Waals surface area contributed by atoms with E-state index < -0.39 is 201 Å². The Morgan fingerprint density at radius 1 is 0.745 bits per heavy atom. The van der Waals surface area contributed by atoms with E-state index in [9.17, 15) is 93.2 Å². The molecule has 5 fully saturated rings. The first-order chi connectivity index (χ1) is 46.5. The van der Waals surface area contributed by atoms with Gasteiger partial charge in [-0.1, -0.05) is 62.6 Å². The Morgan fingerprint density at radius 3 is 1.98 bits per heavy atom. The van der Waals surface area contributed by atoms with Crippen molar-refractivity contribution in [2.24, 2.45) is 17.3 Å². The van der Waals surface area contributed by atoms with Crippen LogP contribution in [0, 0.1) is 17.3 Å². The summed E-state index contributed by atoms with van der Waals surface area (Å²) in [4.78, 5) is 107. The summed E-state index contributed by atoms with van der Waals surface area (Å²) in [6, 6.07) is 4.93. The van der Waals surface area contributed by atoms with Crippen LogP contribution in [0.5, 0.6) is 11.5 Å². The fourth-order valence-electron chi connectivity index (χ4n) is 13.7. The lowest BCUT2D eigenvalue weighted by Gasteiger charge is -2.46. The van der Waals surface area contributed by atoms with Crippen LogP contribution < -0.4 is 41.0 Å². The van der Waals surface area contributed by atoms with Gasteiger partial charge >= 0.3 is 0 Å². The van der Waals surface area contributed by atoms with Crippen LogP contribution in [0.4, 0.5) is 5.69 Å². The van der Waals surface area contributed by atoms with E-state index >= 15 is 0 Å². The topological polar surface area (TPSA) is 479 Å². The number of nitrogens with zero attached hydrogens (tertiary/aromatic N) is 5. The predicted octanol–water partition coefficient (Wildman–Crippen LogP) is -0.437. The molecular weight excluding hydrogens is 1320 g/mol. The van der Waals surface area contributed by atoms with Crippen molar-refractivity contribution in [2.45, 2.75) is 170 Å². The molecule has 9 rings (SSSR count). The van der Waals surface area contributed by atoms with Gasteiger partial charge in [-0.15, -0.1) is 10.2 Å². The van der Waals surface area contributed by atoms with Gasteiger partial charge in [-0.25, -0.2) is 0 Å². The number of hydrogen-bond donors (Lipinski definition) is 18. The Bertz CT molecular complexity index is 3420. The highest BCUT2D eigenvalue weighted by Gasteiger charge is 2.50. The van der Waals surface area contributed by atoms with Crippen LogP contribution in [0.25, 0.3) is 21.1 Å². The zero-order valence-corrected chi connectivity index (χ0v) is 56.3. The van der Waals surface area contributed by atoms with Gasteiger partial charge in [0.15, 0.2) is 11.5 Å². The smallest absolute Gasteiger partial charge is 0.266 e. The molecule has 0 radical (unpaired) electrons. The van der Waals surface area contributed by atoms with Gasteiger partial charge in [0, 0.05) is 80.3 Å². The molecule has 98 heavy (non-hydrogen) atoms. The molecule has 31 nitrogen and oxygen atoms in total. The van der Waals surface area contributed by atoms with Crippen molar-refractivity contribution in [3.8, 4) is 32.6 Å². The minimum absolute atomic E-state index is 0.0143. The minimum Gasteiger partial charge on any atom is -0.504 e. The second-order valence-electron chi connectivity index (χ2n) is 26.7. The second-order valence-corrected chi connectivity index (χ2v) is 28.8. The Labute approximate surface area is 571 Å². The number of hydrogen-bond acceptors (Lipinski definition) is 25. The fourth-order valence-corrected chi connectivity index (χ4v) is 14.9. The highest BCUT2D eigenvalue weighted by Crippen LogP contribution is 2.46. The van der Waals surface area contributed by atoms with Crippen molar-refractivity contribution in [2.75, 3.05) is 57.4 Å². The second kappa shape index (κ2) is 32.8. The zero-order valence-electron chi connectivity index (χ0n) is 54.6. The van der Waals surface area contributed by atoms with Crippen molar-refractivity contribution < 1.29 is 97.4 Å². The summed E-state index contributed by atoms with van der Waals surface area (Å²) in [7, 11) is 0. The molecule has 0 bridgehead atoms. The van der Waals surface area contributed by atoms with E-state index in [0.29, 0.717) is 21.0 Å². The predicted molar refractivity (Wildman–Crippen MR) is 357 cm³/mol. The molecule has 5 heterocycles. The van der Waals surface area contributed by atoms with E-state index in [1.807, 2.05) is 12.1 Å². The Morgan fingerprint density at radius 2 is 1.36 bits per heavy atom. The lowest BCUT2D eigenvalue weighted by molar-refractivity contribution is -0.147. The number of anilines is 1.